The molecule has 7 aromatic rings. The van der Waals surface area contributed by atoms with Gasteiger partial charge in [-0.15, -0.1) is 0 Å². The van der Waals surface area contributed by atoms with Crippen molar-refractivity contribution in [2.75, 3.05) is 9.80 Å². The molecule has 2 aliphatic rings. The number of nitrogens with zero attached hydrogens (tertiary/aromatic N) is 3. The lowest BCUT2D eigenvalue weighted by atomic mass is 9.86. The van der Waals surface area contributed by atoms with Crippen LogP contribution in [-0.2, 0) is 0 Å². The highest BCUT2D eigenvalue weighted by Gasteiger charge is 2.48. The van der Waals surface area contributed by atoms with E-state index in [0.717, 1.165) is 17.2 Å². The highest BCUT2D eigenvalue weighted by molar-refractivity contribution is 5.95. The summed E-state index contributed by atoms with van der Waals surface area (Å²) in [6.45, 7) is 0. The van der Waals surface area contributed by atoms with Gasteiger partial charge in [-0.25, -0.2) is 4.98 Å². The maximum Gasteiger partial charge on any atom is 0.134 e. The maximum absolute atomic E-state index is 4.98. The second-order valence-corrected chi connectivity index (χ2v) is 11.9. The van der Waals surface area contributed by atoms with E-state index in [4.69, 9.17) is 4.98 Å². The first-order valence-corrected chi connectivity index (χ1v) is 15.9. The molecule has 0 N–H and O–H groups in total. The topological polar surface area (TPSA) is 19.4 Å². The molecule has 3 nitrogen and oxygen atoms in total. The van der Waals surface area contributed by atoms with Crippen molar-refractivity contribution in [3.05, 3.63) is 187 Å². The summed E-state index contributed by atoms with van der Waals surface area (Å²) >= 11 is 0. The Morgan fingerprint density at radius 2 is 1.04 bits per heavy atom. The van der Waals surface area contributed by atoms with Gasteiger partial charge in [0.05, 0.1) is 5.92 Å². The van der Waals surface area contributed by atoms with Crippen LogP contribution in [0.2, 0.25) is 0 Å². The van der Waals surface area contributed by atoms with Crippen LogP contribution in [0, 0.1) is 0 Å². The van der Waals surface area contributed by atoms with E-state index in [1.54, 1.807) is 0 Å². The van der Waals surface area contributed by atoms with Crippen LogP contribution in [0.15, 0.2) is 176 Å². The van der Waals surface area contributed by atoms with Gasteiger partial charge in [0.1, 0.15) is 12.0 Å². The highest BCUT2D eigenvalue weighted by atomic mass is 15.4. The van der Waals surface area contributed by atoms with E-state index in [9.17, 15) is 0 Å². The molecule has 0 spiro atoms. The largest absolute Gasteiger partial charge is 0.319 e. The van der Waals surface area contributed by atoms with Gasteiger partial charge in [-0.1, -0.05) is 127 Å². The van der Waals surface area contributed by atoms with Crippen LogP contribution in [0.1, 0.15) is 17.0 Å². The zero-order valence-corrected chi connectivity index (χ0v) is 25.2. The Balaban J connectivity index is 1.33. The summed E-state index contributed by atoms with van der Waals surface area (Å²) in [5.74, 6) is 0.965. The van der Waals surface area contributed by atoms with E-state index in [-0.39, 0.29) is 12.1 Å². The van der Waals surface area contributed by atoms with Crippen LogP contribution in [0.25, 0.3) is 33.4 Å². The first-order chi connectivity index (χ1) is 22.9. The lowest BCUT2D eigenvalue weighted by molar-refractivity contribution is 0.623. The minimum atomic E-state index is -0.133. The van der Waals surface area contributed by atoms with Crippen molar-refractivity contribution in [2.45, 2.75) is 12.1 Å². The summed E-state index contributed by atoms with van der Waals surface area (Å²) in [7, 11) is 0. The summed E-state index contributed by atoms with van der Waals surface area (Å²) in [5, 5.41) is 0. The fourth-order valence-electron chi connectivity index (χ4n) is 7.56. The zero-order chi connectivity index (χ0) is 30.5. The Morgan fingerprint density at radius 3 is 1.78 bits per heavy atom. The van der Waals surface area contributed by atoms with Crippen LogP contribution >= 0.6 is 0 Å². The lowest BCUT2D eigenvalue weighted by Gasteiger charge is -2.41. The summed E-state index contributed by atoms with van der Waals surface area (Å²) in [4.78, 5) is 9.96. The van der Waals surface area contributed by atoms with E-state index >= 15 is 0 Å². The molecule has 6 aromatic carbocycles. The van der Waals surface area contributed by atoms with Gasteiger partial charge >= 0.3 is 0 Å². The van der Waals surface area contributed by atoms with Gasteiger partial charge in [-0.3, -0.25) is 0 Å². The lowest BCUT2D eigenvalue weighted by Crippen LogP contribution is -2.45. The number of anilines is 4. The molecule has 9 rings (SSSR count). The van der Waals surface area contributed by atoms with Crippen LogP contribution in [0.4, 0.5) is 22.9 Å². The smallest absolute Gasteiger partial charge is 0.134 e. The summed E-state index contributed by atoms with van der Waals surface area (Å²) in [6.07, 6.45) is 1.77. The number of hydrogen-bond donors (Lipinski definition) is 0. The van der Waals surface area contributed by atoms with Gasteiger partial charge in [0, 0.05) is 23.3 Å². The Labute approximate surface area is 269 Å². The molecule has 0 radical (unpaired) electrons. The number of pyridine rings is 1. The monoisotopic (exact) mass is 589 g/mol. The summed E-state index contributed by atoms with van der Waals surface area (Å²) in [6, 6.07) is 61.3. The molecule has 2 unspecified atom stereocenters. The van der Waals surface area contributed by atoms with E-state index in [1.165, 1.54) is 50.2 Å². The predicted molar refractivity (Wildman–Crippen MR) is 190 cm³/mol. The first kappa shape index (κ1) is 26.5. The van der Waals surface area contributed by atoms with E-state index in [0.29, 0.717) is 0 Å². The average Bonchev–Trinajstić information content (AvgIpc) is 3.41. The highest BCUT2D eigenvalue weighted by Crippen LogP contribution is 2.58. The number of para-hydroxylation sites is 1. The molecular weight excluding hydrogens is 558 g/mol. The van der Waals surface area contributed by atoms with Crippen molar-refractivity contribution in [2.24, 2.45) is 0 Å². The van der Waals surface area contributed by atoms with E-state index in [2.05, 4.69) is 174 Å². The third-order valence-corrected chi connectivity index (χ3v) is 9.47. The van der Waals surface area contributed by atoms with Crippen LogP contribution in [-0.4, -0.2) is 11.1 Å². The Hall–Kier alpha value is -5.93. The number of rotatable bonds is 5. The molecule has 1 aliphatic heterocycles. The Morgan fingerprint density at radius 1 is 0.457 bits per heavy atom. The molecule has 3 heteroatoms. The maximum atomic E-state index is 4.98. The Kier molecular flexibility index (Phi) is 6.27. The summed E-state index contributed by atoms with van der Waals surface area (Å²) < 4.78 is 0. The molecule has 0 amide bonds. The molecule has 2 atom stereocenters. The van der Waals surface area contributed by atoms with Gasteiger partial charge in [0.15, 0.2) is 0 Å². The van der Waals surface area contributed by atoms with Gasteiger partial charge in [0.2, 0.25) is 0 Å². The van der Waals surface area contributed by atoms with Crippen LogP contribution in [0.3, 0.4) is 0 Å². The fourth-order valence-corrected chi connectivity index (χ4v) is 7.56. The standard InChI is InChI=1S/C43H31N3/c1-3-14-30(15-4-1)31-25-27-33(28-26-31)45(32-16-5-2-6-17-32)43-42-38-21-10-9-20-36(38)34-18-7-8-19-35(34)37-22-13-23-39(41(37)42)46(43)40-24-11-12-29-44-40/h1-29,42-43H. The molecule has 0 saturated heterocycles. The van der Waals surface area contributed by atoms with Gasteiger partial charge < -0.3 is 9.80 Å². The molecule has 46 heavy (non-hydrogen) atoms. The van der Waals surface area contributed by atoms with Crippen molar-refractivity contribution >= 4 is 22.9 Å². The quantitative estimate of drug-likeness (QED) is 0.199. The molecular formula is C43H31N3. The molecule has 2 heterocycles. The minimum Gasteiger partial charge on any atom is -0.319 e. The normalized spacial score (nSPS) is 15.8. The number of aromatic nitrogens is 1. The second kappa shape index (κ2) is 10.9. The SMILES string of the molecule is c1ccc(-c2ccc(N(c3ccccc3)C3C4c5ccccc5-c5ccccc5-c5cccc(c54)N3c3ccccn3)cc2)cc1. The van der Waals surface area contributed by atoms with E-state index < -0.39 is 0 Å². The van der Waals surface area contributed by atoms with Gasteiger partial charge in [-0.2, -0.15) is 0 Å². The number of benzene rings is 6. The third-order valence-electron chi connectivity index (χ3n) is 9.47. The predicted octanol–water partition coefficient (Wildman–Crippen LogP) is 10.8. The Bertz CT molecular complexity index is 2160. The molecule has 0 fully saturated rings. The fraction of sp³-hybridized carbons (Fsp3) is 0.0465. The average molecular weight is 590 g/mol. The van der Waals surface area contributed by atoms with Crippen LogP contribution in [0.5, 0.6) is 0 Å². The van der Waals surface area contributed by atoms with Crippen molar-refractivity contribution in [1.29, 1.82) is 0 Å². The molecule has 0 saturated carbocycles. The molecule has 1 aromatic heterocycles. The van der Waals surface area contributed by atoms with Crippen molar-refractivity contribution in [3.8, 4) is 33.4 Å². The van der Waals surface area contributed by atoms with Crippen molar-refractivity contribution in [1.82, 2.24) is 4.98 Å². The van der Waals surface area contributed by atoms with E-state index in [1.807, 2.05) is 12.3 Å². The van der Waals surface area contributed by atoms with Crippen LogP contribution < -0.4 is 9.80 Å². The summed E-state index contributed by atoms with van der Waals surface area (Å²) in [5.41, 5.74) is 13.7. The van der Waals surface area contributed by atoms with Crippen molar-refractivity contribution in [3.63, 3.8) is 0 Å². The number of hydrogen-bond acceptors (Lipinski definition) is 3. The van der Waals surface area contributed by atoms with Gasteiger partial charge in [-0.05, 0) is 87.0 Å². The minimum absolute atomic E-state index is 0.0332. The molecule has 218 valence electrons. The molecule has 0 bridgehead atoms. The third kappa shape index (κ3) is 4.17. The zero-order valence-electron chi connectivity index (χ0n) is 25.2. The van der Waals surface area contributed by atoms with Crippen molar-refractivity contribution < 1.29 is 0 Å². The first-order valence-electron chi connectivity index (χ1n) is 15.9. The molecule has 1 aliphatic carbocycles. The second-order valence-electron chi connectivity index (χ2n) is 11.9. The number of fused-ring (bicyclic) bond motifs is 5. The van der Waals surface area contributed by atoms with Gasteiger partial charge in [0.25, 0.3) is 0 Å².